The van der Waals surface area contributed by atoms with E-state index in [4.69, 9.17) is 4.98 Å². The highest BCUT2D eigenvalue weighted by atomic mass is 16.1. The van der Waals surface area contributed by atoms with Crippen molar-refractivity contribution in [2.24, 2.45) is 5.92 Å². The van der Waals surface area contributed by atoms with Crippen LogP contribution in [0.1, 0.15) is 50.6 Å². The Morgan fingerprint density at radius 1 is 1.13 bits per heavy atom. The molecule has 4 nitrogen and oxygen atoms in total. The monoisotopic (exact) mass is 311 g/mol. The molecule has 0 bridgehead atoms. The highest BCUT2D eigenvalue weighted by Crippen LogP contribution is 2.32. The minimum absolute atomic E-state index is 0.0269. The Kier molecular flexibility index (Phi) is 4.17. The lowest BCUT2D eigenvalue weighted by atomic mass is 9.89. The molecule has 2 aliphatic carbocycles. The second-order valence-electron chi connectivity index (χ2n) is 7.18. The van der Waals surface area contributed by atoms with E-state index in [2.05, 4.69) is 4.90 Å². The van der Waals surface area contributed by atoms with Crippen LogP contribution in [0.3, 0.4) is 0 Å². The molecule has 0 saturated heterocycles. The number of rotatable bonds is 5. The Morgan fingerprint density at radius 3 is 2.74 bits per heavy atom. The van der Waals surface area contributed by atoms with E-state index in [1.54, 1.807) is 16.7 Å². The Morgan fingerprint density at radius 2 is 1.96 bits per heavy atom. The third kappa shape index (κ3) is 3.47. The van der Waals surface area contributed by atoms with Crippen LogP contribution in [-0.2, 0) is 6.54 Å². The molecule has 0 aromatic carbocycles. The summed E-state index contributed by atoms with van der Waals surface area (Å²) >= 11 is 0. The van der Waals surface area contributed by atoms with Gasteiger partial charge in [-0.25, -0.2) is 4.98 Å². The number of hydrogen-bond acceptors (Lipinski definition) is 3. The summed E-state index contributed by atoms with van der Waals surface area (Å²) in [6.07, 6.45) is 11.3. The zero-order chi connectivity index (χ0) is 15.6. The van der Waals surface area contributed by atoms with Gasteiger partial charge >= 0.3 is 0 Å². The van der Waals surface area contributed by atoms with Gasteiger partial charge in [0.2, 0.25) is 0 Å². The summed E-state index contributed by atoms with van der Waals surface area (Å²) < 4.78 is 1.62. The van der Waals surface area contributed by atoms with Crippen molar-refractivity contribution in [2.45, 2.75) is 57.5 Å². The first-order valence-electron chi connectivity index (χ1n) is 9.01. The van der Waals surface area contributed by atoms with Gasteiger partial charge in [-0.2, -0.15) is 0 Å². The molecule has 2 aliphatic rings. The second kappa shape index (κ2) is 6.44. The van der Waals surface area contributed by atoms with Crippen LogP contribution in [0, 0.1) is 5.92 Å². The van der Waals surface area contributed by atoms with Gasteiger partial charge in [0, 0.05) is 31.4 Å². The molecular formula is C19H25N3O. The van der Waals surface area contributed by atoms with Gasteiger partial charge in [0.25, 0.3) is 5.56 Å². The first kappa shape index (κ1) is 14.9. The smallest absolute Gasteiger partial charge is 0.258 e. The number of pyridine rings is 1. The number of hydrogen-bond donors (Lipinski definition) is 0. The molecule has 23 heavy (non-hydrogen) atoms. The minimum Gasteiger partial charge on any atom is -0.294 e. The molecule has 0 unspecified atom stereocenters. The summed E-state index contributed by atoms with van der Waals surface area (Å²) in [4.78, 5) is 19.5. The molecule has 4 rings (SSSR count). The van der Waals surface area contributed by atoms with Gasteiger partial charge in [-0.05, 0) is 43.7 Å². The van der Waals surface area contributed by atoms with Crippen LogP contribution in [-0.4, -0.2) is 26.9 Å². The molecule has 2 aromatic heterocycles. The van der Waals surface area contributed by atoms with Crippen LogP contribution in [0.15, 0.2) is 35.3 Å². The summed E-state index contributed by atoms with van der Waals surface area (Å²) in [5.41, 5.74) is 1.70. The topological polar surface area (TPSA) is 37.6 Å². The average molecular weight is 311 g/mol. The molecule has 0 atom stereocenters. The van der Waals surface area contributed by atoms with Crippen LogP contribution < -0.4 is 5.56 Å². The molecule has 0 amide bonds. The molecule has 2 aromatic rings. The largest absolute Gasteiger partial charge is 0.294 e. The summed E-state index contributed by atoms with van der Waals surface area (Å²) in [5.74, 6) is 0.839. The first-order valence-corrected chi connectivity index (χ1v) is 9.01. The van der Waals surface area contributed by atoms with Crippen molar-refractivity contribution in [2.75, 3.05) is 6.54 Å². The predicted octanol–water partition coefficient (Wildman–Crippen LogP) is 3.24. The Hall–Kier alpha value is -1.68. The van der Waals surface area contributed by atoms with Gasteiger partial charge in [-0.3, -0.25) is 14.1 Å². The van der Waals surface area contributed by atoms with E-state index >= 15 is 0 Å². The Bertz CT molecular complexity index is 729. The van der Waals surface area contributed by atoms with Crippen LogP contribution in [0.2, 0.25) is 0 Å². The van der Waals surface area contributed by atoms with Gasteiger partial charge in [0.05, 0.1) is 5.69 Å². The Labute approximate surface area is 137 Å². The highest BCUT2D eigenvalue weighted by Gasteiger charge is 2.31. The number of nitrogens with zero attached hydrogens (tertiary/aromatic N) is 3. The van der Waals surface area contributed by atoms with Gasteiger partial charge in [0.15, 0.2) is 0 Å². The summed E-state index contributed by atoms with van der Waals surface area (Å²) in [6.45, 7) is 2.00. The first-order chi connectivity index (χ1) is 11.3. The van der Waals surface area contributed by atoms with Gasteiger partial charge < -0.3 is 0 Å². The molecule has 122 valence electrons. The molecule has 0 spiro atoms. The third-order valence-electron chi connectivity index (χ3n) is 5.27. The van der Waals surface area contributed by atoms with Crippen molar-refractivity contribution in [1.82, 2.24) is 14.3 Å². The lowest BCUT2D eigenvalue weighted by Gasteiger charge is -2.29. The summed E-state index contributed by atoms with van der Waals surface area (Å²) in [6, 6.07) is 8.14. The lowest BCUT2D eigenvalue weighted by molar-refractivity contribution is 0.184. The fraction of sp³-hybridized carbons (Fsp3) is 0.579. The van der Waals surface area contributed by atoms with E-state index in [1.807, 2.05) is 18.2 Å². The number of aromatic nitrogens is 2. The Balaban J connectivity index is 1.53. The molecule has 0 aliphatic heterocycles. The SMILES string of the molecule is O=c1cc(CN(CC2CCCCC2)C2CC2)nc2ccccn12. The predicted molar refractivity (Wildman–Crippen MR) is 91.5 cm³/mol. The van der Waals surface area contributed by atoms with Crippen molar-refractivity contribution in [3.63, 3.8) is 0 Å². The standard InChI is InChI=1S/C19H25N3O/c23-19-12-16(20-18-8-4-5-11-22(18)19)14-21(17-9-10-17)13-15-6-2-1-3-7-15/h4-5,8,11-12,15,17H,1-3,6-7,9-10,13-14H2. The normalized spacial score (nSPS) is 19.5. The molecule has 2 fully saturated rings. The molecule has 0 N–H and O–H groups in total. The van der Waals surface area contributed by atoms with Gasteiger partial charge in [-0.15, -0.1) is 0 Å². The van der Waals surface area contributed by atoms with Gasteiger partial charge in [0.1, 0.15) is 5.65 Å². The van der Waals surface area contributed by atoms with E-state index in [0.717, 1.165) is 23.8 Å². The van der Waals surface area contributed by atoms with Crippen molar-refractivity contribution in [1.29, 1.82) is 0 Å². The maximum absolute atomic E-state index is 12.3. The molecule has 4 heteroatoms. The summed E-state index contributed by atoms with van der Waals surface area (Å²) in [7, 11) is 0. The van der Waals surface area contributed by atoms with Crippen LogP contribution in [0.25, 0.3) is 5.65 Å². The van der Waals surface area contributed by atoms with Crippen molar-refractivity contribution in [3.05, 3.63) is 46.5 Å². The van der Waals surface area contributed by atoms with Crippen molar-refractivity contribution >= 4 is 5.65 Å². The van der Waals surface area contributed by atoms with Crippen LogP contribution in [0.5, 0.6) is 0 Å². The van der Waals surface area contributed by atoms with Crippen molar-refractivity contribution < 1.29 is 0 Å². The molecule has 0 radical (unpaired) electrons. The summed E-state index contributed by atoms with van der Waals surface area (Å²) in [5, 5.41) is 0. The van der Waals surface area contributed by atoms with E-state index in [9.17, 15) is 4.79 Å². The lowest BCUT2D eigenvalue weighted by Crippen LogP contribution is -2.33. The second-order valence-corrected chi connectivity index (χ2v) is 7.18. The van der Waals surface area contributed by atoms with E-state index in [0.29, 0.717) is 6.04 Å². The van der Waals surface area contributed by atoms with Crippen LogP contribution in [0.4, 0.5) is 0 Å². The molecular weight excluding hydrogens is 286 g/mol. The van der Waals surface area contributed by atoms with E-state index in [1.165, 1.54) is 51.5 Å². The maximum atomic E-state index is 12.3. The quantitative estimate of drug-likeness (QED) is 0.851. The minimum atomic E-state index is 0.0269. The fourth-order valence-corrected chi connectivity index (χ4v) is 3.88. The zero-order valence-electron chi connectivity index (χ0n) is 13.7. The zero-order valence-corrected chi connectivity index (χ0v) is 13.7. The molecule has 2 heterocycles. The highest BCUT2D eigenvalue weighted by molar-refractivity contribution is 5.38. The average Bonchev–Trinajstić information content (AvgIpc) is 3.40. The number of fused-ring (bicyclic) bond motifs is 1. The fourth-order valence-electron chi connectivity index (χ4n) is 3.88. The van der Waals surface area contributed by atoms with Crippen LogP contribution >= 0.6 is 0 Å². The van der Waals surface area contributed by atoms with E-state index in [-0.39, 0.29) is 5.56 Å². The van der Waals surface area contributed by atoms with Gasteiger partial charge in [-0.1, -0.05) is 25.3 Å². The maximum Gasteiger partial charge on any atom is 0.258 e. The third-order valence-corrected chi connectivity index (χ3v) is 5.27. The van der Waals surface area contributed by atoms with E-state index < -0.39 is 0 Å². The molecule has 2 saturated carbocycles. The van der Waals surface area contributed by atoms with Crippen molar-refractivity contribution in [3.8, 4) is 0 Å².